The SMILES string of the molecule is O=C(CC1CCN(c2ccc(NC3NC(N4CCCCCC4)NC4CNNC(=O)C43)cc2)CC1)NCCO. The first-order valence-corrected chi connectivity index (χ1v) is 14.4. The van der Waals surface area contributed by atoms with E-state index >= 15 is 0 Å². The van der Waals surface area contributed by atoms with Crippen molar-refractivity contribution in [1.82, 2.24) is 31.7 Å². The monoisotopic (exact) mass is 528 g/mol. The molecular formula is C27H44N8O3. The molecule has 4 fully saturated rings. The third-order valence-electron chi connectivity index (χ3n) is 8.42. The maximum absolute atomic E-state index is 12.8. The summed E-state index contributed by atoms with van der Waals surface area (Å²) in [5.41, 5.74) is 8.03. The van der Waals surface area contributed by atoms with Crippen LogP contribution in [-0.4, -0.2) is 86.2 Å². The molecule has 7 N–H and O–H groups in total. The van der Waals surface area contributed by atoms with Gasteiger partial charge in [0, 0.05) is 63.1 Å². The highest BCUT2D eigenvalue weighted by Crippen LogP contribution is 2.28. The first kappa shape index (κ1) is 27.1. The number of hydrogen-bond donors (Lipinski definition) is 7. The van der Waals surface area contributed by atoms with Crippen LogP contribution >= 0.6 is 0 Å². The van der Waals surface area contributed by atoms with E-state index < -0.39 is 0 Å². The Bertz CT molecular complexity index is 915. The molecule has 0 saturated carbocycles. The molecule has 4 heterocycles. The standard InChI is InChI=1S/C27H44N8O3/c36-16-11-28-23(37)17-19-9-14-34(15-10-19)21-7-5-20(6-8-21)30-25-24-22(18-29-33-26(24)38)31-27(32-25)35-12-3-1-2-4-13-35/h5-8,19,22,24-25,27,29-32,36H,1-4,9-18H2,(H,28,37)(H,33,38). The Morgan fingerprint density at radius 3 is 2.45 bits per heavy atom. The van der Waals surface area contributed by atoms with E-state index in [1.54, 1.807) is 0 Å². The average Bonchev–Trinajstić information content (AvgIpc) is 3.23. The Balaban J connectivity index is 1.18. The van der Waals surface area contributed by atoms with Crippen molar-refractivity contribution >= 4 is 23.2 Å². The number of amides is 2. The summed E-state index contributed by atoms with van der Waals surface area (Å²) in [5, 5.41) is 22.6. The Hall–Kier alpha value is -2.44. The van der Waals surface area contributed by atoms with Crippen LogP contribution in [0.25, 0.3) is 0 Å². The van der Waals surface area contributed by atoms with E-state index in [1.165, 1.54) is 31.4 Å². The van der Waals surface area contributed by atoms with Crippen molar-refractivity contribution in [3.05, 3.63) is 24.3 Å². The topological polar surface area (TPSA) is 133 Å². The summed E-state index contributed by atoms with van der Waals surface area (Å²) in [6.45, 7) is 4.98. The van der Waals surface area contributed by atoms with Crippen molar-refractivity contribution in [1.29, 1.82) is 0 Å². The second kappa shape index (κ2) is 13.1. The molecule has 0 bridgehead atoms. The number of nitrogens with zero attached hydrogens (tertiary/aromatic N) is 2. The molecule has 0 aromatic heterocycles. The largest absolute Gasteiger partial charge is 0.395 e. The second-order valence-electron chi connectivity index (χ2n) is 11.1. The van der Waals surface area contributed by atoms with Crippen LogP contribution in [0.5, 0.6) is 0 Å². The molecule has 4 aliphatic rings. The van der Waals surface area contributed by atoms with Crippen molar-refractivity contribution in [3.8, 4) is 0 Å². The zero-order valence-corrected chi connectivity index (χ0v) is 22.3. The molecule has 0 radical (unpaired) electrons. The minimum absolute atomic E-state index is 0.00222. The number of aliphatic hydroxyl groups excluding tert-OH is 1. The number of anilines is 2. The lowest BCUT2D eigenvalue weighted by atomic mass is 9.91. The number of nitrogens with one attached hydrogen (secondary N) is 6. The number of hydrogen-bond acceptors (Lipinski definition) is 9. The predicted octanol–water partition coefficient (Wildman–Crippen LogP) is 0.111. The summed E-state index contributed by atoms with van der Waals surface area (Å²) in [4.78, 5) is 29.7. The van der Waals surface area contributed by atoms with Crippen molar-refractivity contribution < 1.29 is 14.7 Å². The summed E-state index contributed by atoms with van der Waals surface area (Å²) in [5.74, 6) is 0.186. The van der Waals surface area contributed by atoms with E-state index in [1.807, 2.05) is 0 Å². The molecule has 4 aliphatic heterocycles. The second-order valence-corrected chi connectivity index (χ2v) is 11.1. The van der Waals surface area contributed by atoms with Gasteiger partial charge < -0.3 is 20.6 Å². The summed E-state index contributed by atoms with van der Waals surface area (Å²) in [6, 6.07) is 8.53. The number of benzene rings is 1. The lowest BCUT2D eigenvalue weighted by Gasteiger charge is -2.48. The van der Waals surface area contributed by atoms with Gasteiger partial charge in [-0.2, -0.15) is 0 Å². The zero-order valence-electron chi connectivity index (χ0n) is 22.3. The fourth-order valence-electron chi connectivity index (χ4n) is 6.28. The van der Waals surface area contributed by atoms with Gasteiger partial charge in [0.1, 0.15) is 6.29 Å². The van der Waals surface area contributed by atoms with Crippen LogP contribution in [0.3, 0.4) is 0 Å². The van der Waals surface area contributed by atoms with Gasteiger partial charge in [0.05, 0.1) is 18.7 Å². The highest BCUT2D eigenvalue weighted by atomic mass is 16.3. The number of hydrazine groups is 1. The van der Waals surface area contributed by atoms with Crippen LogP contribution in [0.1, 0.15) is 44.9 Å². The van der Waals surface area contributed by atoms with E-state index in [-0.39, 0.29) is 42.8 Å². The van der Waals surface area contributed by atoms with Gasteiger partial charge in [-0.05, 0) is 55.9 Å². The van der Waals surface area contributed by atoms with Crippen LogP contribution < -0.4 is 37.0 Å². The number of carbonyl (C=O) groups is 2. The first-order chi connectivity index (χ1) is 18.6. The van der Waals surface area contributed by atoms with Gasteiger partial charge in [-0.1, -0.05) is 12.8 Å². The molecular weight excluding hydrogens is 484 g/mol. The van der Waals surface area contributed by atoms with Gasteiger partial charge in [-0.3, -0.25) is 30.5 Å². The lowest BCUT2D eigenvalue weighted by Crippen LogP contribution is -2.76. The quantitative estimate of drug-likeness (QED) is 0.251. The molecule has 2 amide bonds. The first-order valence-electron chi connectivity index (χ1n) is 14.4. The van der Waals surface area contributed by atoms with E-state index in [4.69, 9.17) is 5.11 Å². The molecule has 1 aromatic carbocycles. The minimum atomic E-state index is -0.229. The molecule has 4 unspecified atom stereocenters. The number of fused-ring (bicyclic) bond motifs is 1. The fraction of sp³-hybridized carbons (Fsp3) is 0.704. The van der Waals surface area contributed by atoms with Gasteiger partial charge in [0.2, 0.25) is 11.8 Å². The Labute approximate surface area is 225 Å². The maximum Gasteiger partial charge on any atom is 0.242 e. The average molecular weight is 529 g/mol. The smallest absolute Gasteiger partial charge is 0.242 e. The van der Waals surface area contributed by atoms with E-state index in [2.05, 4.69) is 66.2 Å². The molecule has 210 valence electrons. The van der Waals surface area contributed by atoms with Crippen LogP contribution in [0.4, 0.5) is 11.4 Å². The zero-order chi connectivity index (χ0) is 26.3. The molecule has 11 heteroatoms. The molecule has 38 heavy (non-hydrogen) atoms. The molecule has 0 aliphatic carbocycles. The summed E-state index contributed by atoms with van der Waals surface area (Å²) in [6.07, 6.45) is 7.33. The van der Waals surface area contributed by atoms with Gasteiger partial charge in [0.25, 0.3) is 0 Å². The summed E-state index contributed by atoms with van der Waals surface area (Å²) < 4.78 is 0. The number of piperidine rings is 1. The number of aliphatic hydroxyl groups is 1. The minimum Gasteiger partial charge on any atom is -0.395 e. The van der Waals surface area contributed by atoms with Crippen LogP contribution in [0.15, 0.2) is 24.3 Å². The lowest BCUT2D eigenvalue weighted by molar-refractivity contribution is -0.132. The number of rotatable bonds is 8. The highest BCUT2D eigenvalue weighted by Gasteiger charge is 2.44. The third-order valence-corrected chi connectivity index (χ3v) is 8.42. The van der Waals surface area contributed by atoms with Gasteiger partial charge in [-0.25, -0.2) is 5.43 Å². The van der Waals surface area contributed by atoms with E-state index in [0.717, 1.165) is 44.7 Å². The van der Waals surface area contributed by atoms with Gasteiger partial charge >= 0.3 is 0 Å². The molecule has 4 saturated heterocycles. The number of carbonyl (C=O) groups excluding carboxylic acids is 2. The van der Waals surface area contributed by atoms with Crippen molar-refractivity contribution in [2.45, 2.75) is 63.4 Å². The van der Waals surface area contributed by atoms with Crippen LogP contribution in [0.2, 0.25) is 0 Å². The van der Waals surface area contributed by atoms with Crippen molar-refractivity contribution in [2.24, 2.45) is 11.8 Å². The molecule has 11 nitrogen and oxygen atoms in total. The Morgan fingerprint density at radius 1 is 1.00 bits per heavy atom. The van der Waals surface area contributed by atoms with E-state index in [0.29, 0.717) is 25.4 Å². The molecule has 4 atom stereocenters. The van der Waals surface area contributed by atoms with Crippen LogP contribution in [-0.2, 0) is 9.59 Å². The summed E-state index contributed by atoms with van der Waals surface area (Å²) >= 11 is 0. The predicted molar refractivity (Wildman–Crippen MR) is 147 cm³/mol. The maximum atomic E-state index is 12.8. The van der Waals surface area contributed by atoms with Crippen LogP contribution in [0, 0.1) is 11.8 Å². The normalized spacial score (nSPS) is 29.2. The highest BCUT2D eigenvalue weighted by molar-refractivity contribution is 5.81. The Kier molecular flexibility index (Phi) is 9.34. The third kappa shape index (κ3) is 6.76. The number of likely N-dealkylation sites (tertiary alicyclic amines) is 1. The molecule has 5 rings (SSSR count). The van der Waals surface area contributed by atoms with Gasteiger partial charge in [0.15, 0.2) is 0 Å². The van der Waals surface area contributed by atoms with Gasteiger partial charge in [-0.15, -0.1) is 0 Å². The van der Waals surface area contributed by atoms with Crippen molar-refractivity contribution in [2.75, 3.05) is 56.1 Å². The van der Waals surface area contributed by atoms with E-state index in [9.17, 15) is 9.59 Å². The Morgan fingerprint density at radius 2 is 1.74 bits per heavy atom. The van der Waals surface area contributed by atoms with Crippen molar-refractivity contribution in [3.63, 3.8) is 0 Å². The molecule has 1 aromatic rings. The fourth-order valence-corrected chi connectivity index (χ4v) is 6.28. The molecule has 0 spiro atoms. The summed E-state index contributed by atoms with van der Waals surface area (Å²) in [7, 11) is 0.